The largest absolute Gasteiger partial charge is 0.377 e. The molecule has 2 fully saturated rings. The lowest BCUT2D eigenvalue weighted by Gasteiger charge is -2.37. The van der Waals surface area contributed by atoms with E-state index in [1.807, 2.05) is 24.3 Å². The van der Waals surface area contributed by atoms with Crippen LogP contribution in [0.2, 0.25) is 10.0 Å². The van der Waals surface area contributed by atoms with Crippen LogP contribution in [0, 0.1) is 11.3 Å². The molecular formula is C23H22Cl2N6O. The number of nitriles is 1. The summed E-state index contributed by atoms with van der Waals surface area (Å²) in [6.45, 7) is 5.45. The molecule has 164 valence electrons. The fourth-order valence-corrected chi connectivity index (χ4v) is 4.34. The fourth-order valence-electron chi connectivity index (χ4n) is 3.97. The van der Waals surface area contributed by atoms with Crippen molar-refractivity contribution in [3.63, 3.8) is 0 Å². The molecule has 0 amide bonds. The van der Waals surface area contributed by atoms with Gasteiger partial charge in [-0.1, -0.05) is 23.2 Å². The van der Waals surface area contributed by atoms with Gasteiger partial charge in [-0.15, -0.1) is 0 Å². The molecule has 9 heteroatoms. The number of fused-ring (bicyclic) bond motifs is 1. The first-order chi connectivity index (χ1) is 15.6. The van der Waals surface area contributed by atoms with Crippen molar-refractivity contribution < 1.29 is 4.74 Å². The average Bonchev–Trinajstić information content (AvgIpc) is 2.78. The Hall–Kier alpha value is -2.63. The van der Waals surface area contributed by atoms with Crippen LogP contribution < -0.4 is 10.2 Å². The molecule has 1 aromatic heterocycles. The summed E-state index contributed by atoms with van der Waals surface area (Å²) in [6.07, 6.45) is 0. The van der Waals surface area contributed by atoms with Crippen molar-refractivity contribution in [3.05, 3.63) is 57.6 Å². The van der Waals surface area contributed by atoms with Crippen molar-refractivity contribution in [3.8, 4) is 6.07 Å². The maximum atomic E-state index is 9.26. The SMILES string of the molecule is N#Cc1ccc2nc(NC3COC3)c(N3CCN(Cc4cc(Cl)ccc4Cl)CC3)nc2c1. The summed E-state index contributed by atoms with van der Waals surface area (Å²) in [6, 6.07) is 13.4. The Morgan fingerprint density at radius 3 is 2.56 bits per heavy atom. The summed E-state index contributed by atoms with van der Waals surface area (Å²) in [5.74, 6) is 1.58. The van der Waals surface area contributed by atoms with E-state index in [0.29, 0.717) is 23.8 Å². The molecular weight excluding hydrogens is 447 g/mol. The van der Waals surface area contributed by atoms with Gasteiger partial charge in [0.25, 0.3) is 0 Å². The van der Waals surface area contributed by atoms with Crippen LogP contribution in [0.5, 0.6) is 0 Å². The number of aromatic nitrogens is 2. The van der Waals surface area contributed by atoms with Crippen molar-refractivity contribution in [1.29, 1.82) is 5.26 Å². The molecule has 7 nitrogen and oxygen atoms in total. The number of ether oxygens (including phenoxy) is 1. The number of benzene rings is 2. The highest BCUT2D eigenvalue weighted by Crippen LogP contribution is 2.29. The number of rotatable bonds is 5. The second kappa shape index (κ2) is 9.08. The third kappa shape index (κ3) is 4.45. The van der Waals surface area contributed by atoms with Gasteiger partial charge in [0.05, 0.1) is 41.9 Å². The topological polar surface area (TPSA) is 77.3 Å². The van der Waals surface area contributed by atoms with E-state index in [1.165, 1.54) is 0 Å². The molecule has 3 aromatic rings. The maximum Gasteiger partial charge on any atom is 0.172 e. The molecule has 3 heterocycles. The van der Waals surface area contributed by atoms with Gasteiger partial charge in [-0.05, 0) is 42.0 Å². The molecule has 0 unspecified atom stereocenters. The van der Waals surface area contributed by atoms with Gasteiger partial charge in [0, 0.05) is 42.8 Å². The van der Waals surface area contributed by atoms with Crippen molar-refractivity contribution >= 4 is 45.9 Å². The lowest BCUT2D eigenvalue weighted by molar-refractivity contribution is 0.0209. The van der Waals surface area contributed by atoms with Gasteiger partial charge in [-0.3, -0.25) is 4.90 Å². The molecule has 0 bridgehead atoms. The predicted octanol–water partition coefficient (Wildman–Crippen LogP) is 3.94. The first kappa shape index (κ1) is 21.2. The van der Waals surface area contributed by atoms with E-state index < -0.39 is 0 Å². The van der Waals surface area contributed by atoms with Crippen molar-refractivity contribution in [1.82, 2.24) is 14.9 Å². The number of nitrogens with zero attached hydrogens (tertiary/aromatic N) is 5. The molecule has 2 saturated heterocycles. The maximum absolute atomic E-state index is 9.26. The predicted molar refractivity (Wildman–Crippen MR) is 126 cm³/mol. The number of hydrogen-bond acceptors (Lipinski definition) is 7. The van der Waals surface area contributed by atoms with Crippen molar-refractivity contribution in [2.75, 3.05) is 49.6 Å². The van der Waals surface area contributed by atoms with Gasteiger partial charge in [0.15, 0.2) is 11.6 Å². The van der Waals surface area contributed by atoms with Crippen LogP contribution in [0.15, 0.2) is 36.4 Å². The Morgan fingerprint density at radius 2 is 1.84 bits per heavy atom. The second-order valence-corrected chi connectivity index (χ2v) is 8.93. The summed E-state index contributed by atoms with van der Waals surface area (Å²) in [4.78, 5) is 14.4. The zero-order valence-electron chi connectivity index (χ0n) is 17.4. The normalized spacial score (nSPS) is 17.2. The first-order valence-electron chi connectivity index (χ1n) is 10.6. The minimum atomic E-state index is 0.241. The van der Waals surface area contributed by atoms with Crippen molar-refractivity contribution in [2.45, 2.75) is 12.6 Å². The lowest BCUT2D eigenvalue weighted by Crippen LogP contribution is -2.47. The van der Waals surface area contributed by atoms with Gasteiger partial charge in [0.2, 0.25) is 0 Å². The average molecular weight is 469 g/mol. The first-order valence-corrected chi connectivity index (χ1v) is 11.3. The van der Waals surface area contributed by atoms with Crippen LogP contribution in [0.25, 0.3) is 11.0 Å². The summed E-state index contributed by atoms with van der Waals surface area (Å²) in [5, 5.41) is 14.2. The molecule has 2 aliphatic rings. The van der Waals surface area contributed by atoms with Crippen LogP contribution >= 0.6 is 23.2 Å². The van der Waals surface area contributed by atoms with Gasteiger partial charge in [0.1, 0.15) is 0 Å². The monoisotopic (exact) mass is 468 g/mol. The van der Waals surface area contributed by atoms with Crippen molar-refractivity contribution in [2.24, 2.45) is 0 Å². The highest BCUT2D eigenvalue weighted by molar-refractivity contribution is 6.33. The van der Waals surface area contributed by atoms with Crippen LogP contribution in [0.3, 0.4) is 0 Å². The second-order valence-electron chi connectivity index (χ2n) is 8.09. The number of hydrogen-bond donors (Lipinski definition) is 1. The number of anilines is 2. The highest BCUT2D eigenvalue weighted by atomic mass is 35.5. The summed E-state index contributed by atoms with van der Waals surface area (Å²) >= 11 is 12.5. The smallest absolute Gasteiger partial charge is 0.172 e. The van der Waals surface area contributed by atoms with Gasteiger partial charge in [-0.25, -0.2) is 9.97 Å². The molecule has 0 spiro atoms. The molecule has 5 rings (SSSR count). The Morgan fingerprint density at radius 1 is 1.03 bits per heavy atom. The molecule has 0 aliphatic carbocycles. The third-order valence-electron chi connectivity index (χ3n) is 5.83. The van der Waals surface area contributed by atoms with E-state index in [4.69, 9.17) is 37.9 Å². The number of piperazine rings is 1. The minimum absolute atomic E-state index is 0.241. The molecule has 32 heavy (non-hydrogen) atoms. The van der Waals surface area contributed by atoms with E-state index in [9.17, 15) is 5.26 Å². The van der Waals surface area contributed by atoms with E-state index in [1.54, 1.807) is 12.1 Å². The van der Waals surface area contributed by atoms with Crippen LogP contribution in [-0.2, 0) is 11.3 Å². The number of halogens is 2. The molecule has 0 saturated carbocycles. The zero-order chi connectivity index (χ0) is 22.1. The van der Waals surface area contributed by atoms with E-state index in [2.05, 4.69) is 21.2 Å². The summed E-state index contributed by atoms with van der Waals surface area (Å²) in [7, 11) is 0. The lowest BCUT2D eigenvalue weighted by atomic mass is 10.2. The Labute approximate surface area is 196 Å². The van der Waals surface area contributed by atoms with Crippen LogP contribution in [0.1, 0.15) is 11.1 Å². The van der Waals surface area contributed by atoms with E-state index in [0.717, 1.165) is 66.0 Å². The highest BCUT2D eigenvalue weighted by Gasteiger charge is 2.26. The van der Waals surface area contributed by atoms with Gasteiger partial charge < -0.3 is 15.0 Å². The van der Waals surface area contributed by atoms with Gasteiger partial charge in [-0.2, -0.15) is 5.26 Å². The molecule has 1 N–H and O–H groups in total. The van der Waals surface area contributed by atoms with E-state index >= 15 is 0 Å². The standard InChI is InChI=1S/C23H22Cl2N6O/c24-17-2-3-19(25)16(10-17)12-30-5-7-31(8-6-30)23-22(27-18-13-32-14-18)28-20-4-1-15(11-26)9-21(20)29-23/h1-4,9-10,18H,5-8,12-14H2,(H,27,28). The van der Waals surface area contributed by atoms with Crippen LogP contribution in [0.4, 0.5) is 11.6 Å². The molecule has 0 radical (unpaired) electrons. The van der Waals surface area contributed by atoms with Crippen LogP contribution in [-0.4, -0.2) is 60.3 Å². The Balaban J connectivity index is 1.36. The fraction of sp³-hybridized carbons (Fsp3) is 0.348. The Kier molecular flexibility index (Phi) is 6.03. The minimum Gasteiger partial charge on any atom is -0.377 e. The zero-order valence-corrected chi connectivity index (χ0v) is 18.9. The summed E-state index contributed by atoms with van der Waals surface area (Å²) in [5.41, 5.74) is 3.11. The quantitative estimate of drug-likeness (QED) is 0.607. The summed E-state index contributed by atoms with van der Waals surface area (Å²) < 4.78 is 5.31. The molecule has 2 aliphatic heterocycles. The molecule has 0 atom stereocenters. The third-order valence-corrected chi connectivity index (χ3v) is 6.43. The van der Waals surface area contributed by atoms with Gasteiger partial charge >= 0.3 is 0 Å². The Bertz CT molecular complexity index is 1190. The van der Waals surface area contributed by atoms with E-state index in [-0.39, 0.29) is 6.04 Å². The number of nitrogens with one attached hydrogen (secondary N) is 1. The molecule has 2 aromatic carbocycles.